The van der Waals surface area contributed by atoms with Crippen molar-refractivity contribution >= 4 is 5.97 Å². The first-order valence-electron chi connectivity index (χ1n) is 7.94. The Morgan fingerprint density at radius 1 is 1.21 bits per heavy atom. The highest BCUT2D eigenvalue weighted by Crippen LogP contribution is 2.28. The lowest BCUT2D eigenvalue weighted by molar-refractivity contribution is -0.147. The van der Waals surface area contributed by atoms with Crippen molar-refractivity contribution in [2.45, 2.75) is 13.2 Å². The van der Waals surface area contributed by atoms with Crippen LogP contribution in [-0.2, 0) is 17.9 Å². The van der Waals surface area contributed by atoms with Gasteiger partial charge in [-0.15, -0.1) is 0 Å². The Labute approximate surface area is 141 Å². The molecule has 0 aromatic heterocycles. The van der Waals surface area contributed by atoms with Crippen molar-refractivity contribution in [2.24, 2.45) is 5.92 Å². The second kappa shape index (κ2) is 7.36. The molecule has 0 unspecified atom stereocenters. The quantitative estimate of drug-likeness (QED) is 0.847. The molecular weight excluding hydrogens is 306 g/mol. The smallest absolute Gasteiger partial charge is 0.309 e. The van der Waals surface area contributed by atoms with Crippen molar-refractivity contribution in [3.63, 3.8) is 0 Å². The van der Waals surface area contributed by atoms with Crippen LogP contribution in [0.25, 0.3) is 0 Å². The van der Waals surface area contributed by atoms with Gasteiger partial charge in [0.05, 0.1) is 13.0 Å². The van der Waals surface area contributed by atoms with Crippen LogP contribution in [0, 0.1) is 5.92 Å². The lowest BCUT2D eigenvalue weighted by Crippen LogP contribution is -2.49. The lowest BCUT2D eigenvalue weighted by atomic mass is 9.99. The molecule has 1 aliphatic rings. The summed E-state index contributed by atoms with van der Waals surface area (Å²) in [5.74, 6) is 0.554. The van der Waals surface area contributed by atoms with E-state index in [1.807, 2.05) is 48.5 Å². The van der Waals surface area contributed by atoms with Crippen molar-refractivity contribution in [3.05, 3.63) is 59.7 Å². The molecule has 0 spiro atoms. The fourth-order valence-electron chi connectivity index (χ4n) is 2.78. The molecule has 3 rings (SSSR count). The Balaban J connectivity index is 1.60. The normalized spacial score (nSPS) is 14.9. The van der Waals surface area contributed by atoms with Crippen molar-refractivity contribution in [2.75, 3.05) is 20.2 Å². The zero-order valence-corrected chi connectivity index (χ0v) is 13.6. The number of carboxylic acids is 1. The minimum absolute atomic E-state index is 0.246. The Morgan fingerprint density at radius 2 is 1.96 bits per heavy atom. The number of nitrogens with zero attached hydrogens (tertiary/aromatic N) is 1. The molecule has 2 aromatic rings. The zero-order valence-electron chi connectivity index (χ0n) is 13.6. The summed E-state index contributed by atoms with van der Waals surface area (Å²) in [6, 6.07) is 15.8. The van der Waals surface area contributed by atoms with Crippen molar-refractivity contribution in [3.8, 4) is 11.5 Å². The van der Waals surface area contributed by atoms with E-state index in [1.54, 1.807) is 7.11 Å². The molecule has 1 N–H and O–H groups in total. The number of likely N-dealkylation sites (tertiary alicyclic amines) is 1. The molecule has 0 atom stereocenters. The number of carboxylic acid groups (broad SMARTS) is 1. The van der Waals surface area contributed by atoms with Crippen LogP contribution in [0.15, 0.2) is 48.5 Å². The molecule has 24 heavy (non-hydrogen) atoms. The van der Waals surface area contributed by atoms with Crippen LogP contribution in [0.3, 0.4) is 0 Å². The van der Waals surface area contributed by atoms with Gasteiger partial charge >= 0.3 is 5.97 Å². The molecule has 1 aliphatic heterocycles. The molecule has 0 bridgehead atoms. The third-order valence-electron chi connectivity index (χ3n) is 4.21. The van der Waals surface area contributed by atoms with Crippen LogP contribution >= 0.6 is 0 Å². The number of hydrogen-bond donors (Lipinski definition) is 1. The maximum absolute atomic E-state index is 10.9. The van der Waals surface area contributed by atoms with Gasteiger partial charge in [-0.05, 0) is 11.6 Å². The SMILES string of the molecule is COc1cc(OCc2ccccc2)ccc1CN1CC(C(=O)O)C1. The van der Waals surface area contributed by atoms with E-state index in [9.17, 15) is 4.79 Å². The molecule has 2 aromatic carbocycles. The Kier molecular flexibility index (Phi) is 5.01. The predicted molar refractivity (Wildman–Crippen MR) is 90.2 cm³/mol. The first-order chi connectivity index (χ1) is 11.7. The van der Waals surface area contributed by atoms with Crippen LogP contribution in [0.2, 0.25) is 0 Å². The van der Waals surface area contributed by atoms with Gasteiger partial charge < -0.3 is 14.6 Å². The number of benzene rings is 2. The van der Waals surface area contributed by atoms with Gasteiger partial charge in [-0.25, -0.2) is 0 Å². The molecule has 0 radical (unpaired) electrons. The number of methoxy groups -OCH3 is 1. The van der Waals surface area contributed by atoms with E-state index in [-0.39, 0.29) is 5.92 Å². The summed E-state index contributed by atoms with van der Waals surface area (Å²) < 4.78 is 11.3. The molecule has 5 nitrogen and oxygen atoms in total. The average Bonchev–Trinajstić information content (AvgIpc) is 2.57. The van der Waals surface area contributed by atoms with E-state index in [0.717, 1.165) is 22.6 Å². The first kappa shape index (κ1) is 16.3. The molecule has 1 heterocycles. The molecular formula is C19H21NO4. The lowest BCUT2D eigenvalue weighted by Gasteiger charge is -2.36. The van der Waals surface area contributed by atoms with Gasteiger partial charge in [0.1, 0.15) is 18.1 Å². The Morgan fingerprint density at radius 3 is 2.62 bits per heavy atom. The van der Waals surface area contributed by atoms with E-state index < -0.39 is 5.97 Å². The highest BCUT2D eigenvalue weighted by molar-refractivity contribution is 5.71. The van der Waals surface area contributed by atoms with Crippen molar-refractivity contribution in [1.29, 1.82) is 0 Å². The summed E-state index contributed by atoms with van der Waals surface area (Å²) in [6.07, 6.45) is 0. The van der Waals surface area contributed by atoms with E-state index in [1.165, 1.54) is 0 Å². The van der Waals surface area contributed by atoms with Crippen LogP contribution in [0.5, 0.6) is 11.5 Å². The van der Waals surface area contributed by atoms with Crippen LogP contribution in [-0.4, -0.2) is 36.2 Å². The highest BCUT2D eigenvalue weighted by atomic mass is 16.5. The third kappa shape index (κ3) is 3.86. The molecule has 1 fully saturated rings. The van der Waals surface area contributed by atoms with Crippen molar-refractivity contribution < 1.29 is 19.4 Å². The topological polar surface area (TPSA) is 59.0 Å². The summed E-state index contributed by atoms with van der Waals surface area (Å²) in [4.78, 5) is 13.0. The van der Waals surface area contributed by atoms with Gasteiger partial charge in [0, 0.05) is 31.3 Å². The van der Waals surface area contributed by atoms with Gasteiger partial charge in [-0.2, -0.15) is 0 Å². The van der Waals surface area contributed by atoms with Gasteiger partial charge in [0.25, 0.3) is 0 Å². The van der Waals surface area contributed by atoms with Gasteiger partial charge in [-0.3, -0.25) is 9.69 Å². The summed E-state index contributed by atoms with van der Waals surface area (Å²) in [6.45, 7) is 2.37. The second-order valence-electron chi connectivity index (χ2n) is 5.98. The first-order valence-corrected chi connectivity index (χ1v) is 7.94. The second-order valence-corrected chi connectivity index (χ2v) is 5.98. The minimum atomic E-state index is -0.720. The summed E-state index contributed by atoms with van der Waals surface area (Å²) >= 11 is 0. The minimum Gasteiger partial charge on any atom is -0.496 e. The van der Waals surface area contributed by atoms with E-state index in [4.69, 9.17) is 14.6 Å². The molecule has 1 saturated heterocycles. The summed E-state index contributed by atoms with van der Waals surface area (Å²) in [5, 5.41) is 8.94. The van der Waals surface area contributed by atoms with Crippen molar-refractivity contribution in [1.82, 2.24) is 4.90 Å². The van der Waals surface area contributed by atoms with Crippen LogP contribution in [0.1, 0.15) is 11.1 Å². The largest absolute Gasteiger partial charge is 0.496 e. The summed E-state index contributed by atoms with van der Waals surface area (Å²) in [5.41, 5.74) is 2.15. The van der Waals surface area contributed by atoms with Crippen LogP contribution in [0.4, 0.5) is 0 Å². The van der Waals surface area contributed by atoms with Gasteiger partial charge in [0.2, 0.25) is 0 Å². The molecule has 0 saturated carbocycles. The van der Waals surface area contributed by atoms with E-state index in [2.05, 4.69) is 4.90 Å². The maximum Gasteiger partial charge on any atom is 0.309 e. The number of ether oxygens (including phenoxy) is 2. The Hall–Kier alpha value is -2.53. The number of aliphatic carboxylic acids is 1. The number of carbonyl (C=O) groups is 1. The van der Waals surface area contributed by atoms with E-state index in [0.29, 0.717) is 26.2 Å². The van der Waals surface area contributed by atoms with Gasteiger partial charge in [0.15, 0.2) is 0 Å². The monoisotopic (exact) mass is 327 g/mol. The fraction of sp³-hybridized carbons (Fsp3) is 0.316. The highest BCUT2D eigenvalue weighted by Gasteiger charge is 2.32. The average molecular weight is 327 g/mol. The molecule has 126 valence electrons. The number of rotatable bonds is 7. The molecule has 5 heteroatoms. The molecule has 0 amide bonds. The fourth-order valence-corrected chi connectivity index (χ4v) is 2.78. The number of hydrogen-bond acceptors (Lipinski definition) is 4. The third-order valence-corrected chi connectivity index (χ3v) is 4.21. The van der Waals surface area contributed by atoms with E-state index >= 15 is 0 Å². The maximum atomic E-state index is 10.9. The standard InChI is InChI=1S/C19H21NO4/c1-23-18-9-17(24-13-14-5-3-2-4-6-14)8-7-15(18)10-20-11-16(12-20)19(21)22/h2-9,16H,10-13H2,1H3,(H,21,22). The Bertz CT molecular complexity index is 696. The zero-order chi connectivity index (χ0) is 16.9. The molecule has 0 aliphatic carbocycles. The van der Waals surface area contributed by atoms with Crippen LogP contribution < -0.4 is 9.47 Å². The van der Waals surface area contributed by atoms with Gasteiger partial charge in [-0.1, -0.05) is 36.4 Å². The summed E-state index contributed by atoms with van der Waals surface area (Å²) in [7, 11) is 1.63. The predicted octanol–water partition coefficient (Wildman–Crippen LogP) is 2.79.